The van der Waals surface area contributed by atoms with E-state index in [1.54, 1.807) is 0 Å². The van der Waals surface area contributed by atoms with Crippen LogP contribution in [-0.2, 0) is 28.5 Å². The predicted octanol–water partition coefficient (Wildman–Crippen LogP) is 7.83. The standard InChI is InChI=1S/C40H76O10/c1-3-5-7-9-11-13-15-16-17-18-19-21-23-25-27-29-36(43)49-33(32-48-40-39(46)38(45)37(44)34(30-41)50-40)31-47-35(42)28-26-24-22-20-14-12-10-8-6-4-2/h33-34,37-41,44-46H,3-32H2,1-2H3/t33-,34-,37+,38?,39?,40-/m1/s1. The zero-order valence-corrected chi connectivity index (χ0v) is 31.9. The number of rotatable bonds is 34. The summed E-state index contributed by atoms with van der Waals surface area (Å²) in [5.41, 5.74) is 0. The SMILES string of the molecule is CCCCCCCCCCCCCCCCCC(=O)O[C@H](COC(=O)CCCCCCCCCCCC)CO[C@@H]1O[C@H](CO)[C@H](O)C(O)C1O. The highest BCUT2D eigenvalue weighted by atomic mass is 16.7. The molecule has 296 valence electrons. The van der Waals surface area contributed by atoms with Crippen LogP contribution >= 0.6 is 0 Å². The van der Waals surface area contributed by atoms with E-state index in [2.05, 4.69) is 13.8 Å². The number of hydrogen-bond donors (Lipinski definition) is 4. The lowest BCUT2D eigenvalue weighted by Crippen LogP contribution is -2.59. The Balaban J connectivity index is 2.35. The molecule has 0 aromatic rings. The first-order valence-electron chi connectivity index (χ1n) is 20.6. The molecule has 1 fully saturated rings. The summed E-state index contributed by atoms with van der Waals surface area (Å²) in [5.74, 6) is -0.797. The number of aliphatic hydroxyl groups is 4. The van der Waals surface area contributed by atoms with Gasteiger partial charge in [0.2, 0.25) is 0 Å². The lowest BCUT2D eigenvalue weighted by molar-refractivity contribution is -0.305. The quantitative estimate of drug-likeness (QED) is 0.0383. The molecule has 0 aromatic carbocycles. The van der Waals surface area contributed by atoms with Crippen LogP contribution in [0.2, 0.25) is 0 Å². The summed E-state index contributed by atoms with van der Waals surface area (Å²) in [4.78, 5) is 25.2. The number of carbonyl (C=O) groups excluding carboxylic acids is 2. The molecule has 0 aromatic heterocycles. The highest BCUT2D eigenvalue weighted by molar-refractivity contribution is 5.70. The number of ether oxygens (including phenoxy) is 4. The van der Waals surface area contributed by atoms with E-state index >= 15 is 0 Å². The molecule has 6 atom stereocenters. The van der Waals surface area contributed by atoms with Gasteiger partial charge in [0.05, 0.1) is 13.2 Å². The lowest BCUT2D eigenvalue weighted by Gasteiger charge is -2.39. The Morgan fingerprint density at radius 3 is 1.36 bits per heavy atom. The average molecular weight is 717 g/mol. The Bertz CT molecular complexity index is 794. The van der Waals surface area contributed by atoms with Crippen LogP contribution < -0.4 is 0 Å². The molecule has 0 amide bonds. The second kappa shape index (κ2) is 32.4. The minimum atomic E-state index is -1.59. The Labute approximate surface area is 304 Å². The van der Waals surface area contributed by atoms with Crippen molar-refractivity contribution in [2.75, 3.05) is 19.8 Å². The van der Waals surface area contributed by atoms with Gasteiger partial charge in [-0.25, -0.2) is 0 Å². The van der Waals surface area contributed by atoms with E-state index in [1.165, 1.54) is 116 Å². The van der Waals surface area contributed by atoms with Crippen LogP contribution in [0, 0.1) is 0 Å². The molecule has 50 heavy (non-hydrogen) atoms. The first-order chi connectivity index (χ1) is 24.3. The normalized spacial score (nSPS) is 21.3. The topological polar surface area (TPSA) is 152 Å². The summed E-state index contributed by atoms with van der Waals surface area (Å²) in [6.07, 6.45) is 22.6. The maximum atomic E-state index is 12.7. The van der Waals surface area contributed by atoms with E-state index in [4.69, 9.17) is 18.9 Å². The van der Waals surface area contributed by atoms with Crippen molar-refractivity contribution < 1.29 is 49.0 Å². The van der Waals surface area contributed by atoms with Crippen molar-refractivity contribution in [2.45, 2.75) is 224 Å². The third-order valence-corrected chi connectivity index (χ3v) is 9.74. The maximum absolute atomic E-state index is 12.7. The molecule has 4 N–H and O–H groups in total. The van der Waals surface area contributed by atoms with E-state index in [-0.39, 0.29) is 32.0 Å². The maximum Gasteiger partial charge on any atom is 0.306 e. The Hall–Kier alpha value is -1.30. The fourth-order valence-electron chi connectivity index (χ4n) is 6.42. The molecule has 1 aliphatic heterocycles. The lowest BCUT2D eigenvalue weighted by atomic mass is 9.99. The second-order valence-corrected chi connectivity index (χ2v) is 14.5. The zero-order valence-electron chi connectivity index (χ0n) is 31.9. The minimum absolute atomic E-state index is 0.210. The summed E-state index contributed by atoms with van der Waals surface area (Å²) >= 11 is 0. The second-order valence-electron chi connectivity index (χ2n) is 14.5. The van der Waals surface area contributed by atoms with E-state index < -0.39 is 49.4 Å². The van der Waals surface area contributed by atoms with Crippen LogP contribution in [0.1, 0.15) is 187 Å². The molecule has 1 heterocycles. The number of aliphatic hydroxyl groups excluding tert-OH is 4. The minimum Gasteiger partial charge on any atom is -0.462 e. The van der Waals surface area contributed by atoms with Crippen molar-refractivity contribution in [1.82, 2.24) is 0 Å². The number of unbranched alkanes of at least 4 members (excludes halogenated alkanes) is 23. The predicted molar refractivity (Wildman–Crippen MR) is 197 cm³/mol. The molecule has 0 spiro atoms. The van der Waals surface area contributed by atoms with Gasteiger partial charge in [-0.15, -0.1) is 0 Å². The van der Waals surface area contributed by atoms with Gasteiger partial charge in [0, 0.05) is 12.8 Å². The van der Waals surface area contributed by atoms with Crippen molar-refractivity contribution in [3.8, 4) is 0 Å². The van der Waals surface area contributed by atoms with Gasteiger partial charge >= 0.3 is 11.9 Å². The van der Waals surface area contributed by atoms with E-state index in [9.17, 15) is 30.0 Å². The molecule has 0 saturated carbocycles. The fourth-order valence-corrected chi connectivity index (χ4v) is 6.42. The Morgan fingerprint density at radius 1 is 0.540 bits per heavy atom. The van der Waals surface area contributed by atoms with Gasteiger partial charge in [0.25, 0.3) is 0 Å². The van der Waals surface area contributed by atoms with Crippen molar-refractivity contribution in [3.63, 3.8) is 0 Å². The molecule has 1 rings (SSSR count). The zero-order chi connectivity index (χ0) is 36.7. The van der Waals surface area contributed by atoms with E-state index in [0.29, 0.717) is 6.42 Å². The van der Waals surface area contributed by atoms with E-state index in [1.807, 2.05) is 0 Å². The van der Waals surface area contributed by atoms with Gasteiger partial charge in [-0.05, 0) is 12.8 Å². The summed E-state index contributed by atoms with van der Waals surface area (Å²) < 4.78 is 22.1. The van der Waals surface area contributed by atoms with Crippen molar-refractivity contribution in [2.24, 2.45) is 0 Å². The Morgan fingerprint density at radius 2 is 0.940 bits per heavy atom. The van der Waals surface area contributed by atoms with Crippen LogP contribution in [0.5, 0.6) is 0 Å². The average Bonchev–Trinajstić information content (AvgIpc) is 3.11. The third kappa shape index (κ3) is 24.0. The highest BCUT2D eigenvalue weighted by Crippen LogP contribution is 2.23. The van der Waals surface area contributed by atoms with Crippen molar-refractivity contribution in [3.05, 3.63) is 0 Å². The third-order valence-electron chi connectivity index (χ3n) is 9.74. The van der Waals surface area contributed by atoms with Crippen molar-refractivity contribution in [1.29, 1.82) is 0 Å². The molecular weight excluding hydrogens is 640 g/mol. The van der Waals surface area contributed by atoms with E-state index in [0.717, 1.165) is 38.5 Å². The molecular formula is C40H76O10. The monoisotopic (exact) mass is 717 g/mol. The van der Waals surface area contributed by atoms with Crippen molar-refractivity contribution >= 4 is 11.9 Å². The molecule has 10 nitrogen and oxygen atoms in total. The molecule has 0 bridgehead atoms. The first kappa shape index (κ1) is 46.7. The van der Waals surface area contributed by atoms with Gasteiger partial charge in [-0.3, -0.25) is 9.59 Å². The van der Waals surface area contributed by atoms with Crippen LogP contribution in [0.25, 0.3) is 0 Å². The van der Waals surface area contributed by atoms with Crippen LogP contribution in [-0.4, -0.2) is 89.0 Å². The molecule has 10 heteroatoms. The fraction of sp³-hybridized carbons (Fsp3) is 0.950. The van der Waals surface area contributed by atoms with Gasteiger partial charge in [-0.1, -0.05) is 162 Å². The van der Waals surface area contributed by atoms with Gasteiger partial charge in [0.1, 0.15) is 31.0 Å². The number of hydrogen-bond acceptors (Lipinski definition) is 10. The number of esters is 2. The molecule has 0 radical (unpaired) electrons. The number of carbonyl (C=O) groups is 2. The summed E-state index contributed by atoms with van der Waals surface area (Å²) in [7, 11) is 0. The van der Waals surface area contributed by atoms with Crippen LogP contribution in [0.3, 0.4) is 0 Å². The summed E-state index contributed by atoms with van der Waals surface area (Å²) in [5, 5.41) is 39.9. The van der Waals surface area contributed by atoms with Crippen LogP contribution in [0.4, 0.5) is 0 Å². The van der Waals surface area contributed by atoms with Crippen LogP contribution in [0.15, 0.2) is 0 Å². The molecule has 1 aliphatic rings. The largest absolute Gasteiger partial charge is 0.462 e. The molecule has 0 aliphatic carbocycles. The van der Waals surface area contributed by atoms with Gasteiger partial charge in [-0.2, -0.15) is 0 Å². The Kier molecular flexibility index (Phi) is 30.2. The highest BCUT2D eigenvalue weighted by Gasteiger charge is 2.44. The molecule has 2 unspecified atom stereocenters. The first-order valence-corrected chi connectivity index (χ1v) is 20.6. The summed E-state index contributed by atoms with van der Waals surface area (Å²) in [6.45, 7) is 3.42. The van der Waals surface area contributed by atoms with Gasteiger partial charge in [0.15, 0.2) is 12.4 Å². The summed E-state index contributed by atoms with van der Waals surface area (Å²) in [6, 6.07) is 0. The van der Waals surface area contributed by atoms with Gasteiger partial charge < -0.3 is 39.4 Å². The molecule has 1 saturated heterocycles. The smallest absolute Gasteiger partial charge is 0.306 e.